The molecule has 0 aliphatic heterocycles. The van der Waals surface area contributed by atoms with Crippen LogP contribution in [-0.2, 0) is 11.3 Å². The topological polar surface area (TPSA) is 68.5 Å². The van der Waals surface area contributed by atoms with Gasteiger partial charge in [0.15, 0.2) is 6.61 Å². The fourth-order valence-corrected chi connectivity index (χ4v) is 2.78. The second-order valence-corrected chi connectivity index (χ2v) is 7.10. The normalized spacial score (nSPS) is 10.9. The molecule has 7 heteroatoms. The van der Waals surface area contributed by atoms with Gasteiger partial charge in [0.2, 0.25) is 11.7 Å². The van der Waals surface area contributed by atoms with Gasteiger partial charge in [0.25, 0.3) is 5.91 Å². The Bertz CT molecular complexity index is 941. The molecular weight excluding hydrogens is 378 g/mol. The molecule has 28 heavy (non-hydrogen) atoms. The predicted molar refractivity (Wildman–Crippen MR) is 107 cm³/mol. The summed E-state index contributed by atoms with van der Waals surface area (Å²) in [5, 5.41) is 4.66. The van der Waals surface area contributed by atoms with Crippen LogP contribution in [0.3, 0.4) is 0 Å². The summed E-state index contributed by atoms with van der Waals surface area (Å²) < 4.78 is 11.0. The number of hydrogen-bond acceptors (Lipinski definition) is 5. The van der Waals surface area contributed by atoms with Crippen molar-refractivity contribution in [3.8, 4) is 17.1 Å². The van der Waals surface area contributed by atoms with Gasteiger partial charge in [-0.2, -0.15) is 4.98 Å². The molecule has 0 unspecified atom stereocenters. The van der Waals surface area contributed by atoms with E-state index in [9.17, 15) is 4.79 Å². The minimum atomic E-state index is -0.165. The van der Waals surface area contributed by atoms with Gasteiger partial charge in [0, 0.05) is 16.6 Å². The largest absolute Gasteiger partial charge is 0.484 e. The molecule has 0 saturated carbocycles. The molecule has 0 atom stereocenters. The van der Waals surface area contributed by atoms with Crippen LogP contribution in [0.2, 0.25) is 5.02 Å². The number of rotatable bonds is 7. The van der Waals surface area contributed by atoms with Crippen LogP contribution in [0.15, 0.2) is 53.1 Å². The van der Waals surface area contributed by atoms with Gasteiger partial charge in [-0.3, -0.25) is 4.79 Å². The minimum absolute atomic E-state index is 0.0462. The first-order valence-corrected chi connectivity index (χ1v) is 9.38. The van der Waals surface area contributed by atoms with Gasteiger partial charge in [0.05, 0.1) is 0 Å². The van der Waals surface area contributed by atoms with Gasteiger partial charge in [-0.1, -0.05) is 47.1 Å². The van der Waals surface area contributed by atoms with E-state index in [-0.39, 0.29) is 25.1 Å². The van der Waals surface area contributed by atoms with E-state index in [1.807, 2.05) is 51.1 Å². The van der Waals surface area contributed by atoms with Crippen molar-refractivity contribution in [1.29, 1.82) is 0 Å². The highest BCUT2D eigenvalue weighted by atomic mass is 35.5. The maximum absolute atomic E-state index is 12.7. The second-order valence-electron chi connectivity index (χ2n) is 6.69. The third kappa shape index (κ3) is 4.89. The van der Waals surface area contributed by atoms with Crippen LogP contribution in [0.25, 0.3) is 11.4 Å². The van der Waals surface area contributed by atoms with E-state index >= 15 is 0 Å². The number of hydrogen-bond donors (Lipinski definition) is 0. The predicted octanol–water partition coefficient (Wildman–Crippen LogP) is 4.51. The Hall–Kier alpha value is -2.86. The van der Waals surface area contributed by atoms with Gasteiger partial charge in [-0.25, -0.2) is 0 Å². The number of aromatic nitrogens is 2. The molecule has 0 saturated heterocycles. The van der Waals surface area contributed by atoms with Gasteiger partial charge < -0.3 is 14.2 Å². The van der Waals surface area contributed by atoms with Gasteiger partial charge in [-0.05, 0) is 44.5 Å². The molecule has 3 aromatic rings. The maximum atomic E-state index is 12.7. The molecule has 2 aromatic carbocycles. The highest BCUT2D eigenvalue weighted by molar-refractivity contribution is 6.31. The van der Waals surface area contributed by atoms with Crippen LogP contribution in [0.4, 0.5) is 0 Å². The third-order valence-electron chi connectivity index (χ3n) is 4.24. The Morgan fingerprint density at radius 2 is 1.96 bits per heavy atom. The number of carbonyl (C=O) groups excluding carboxylic acids is 1. The number of aryl methyl sites for hydroxylation is 1. The molecular formula is C21H22ClN3O3. The van der Waals surface area contributed by atoms with Crippen molar-refractivity contribution in [3.63, 3.8) is 0 Å². The Balaban J connectivity index is 1.65. The van der Waals surface area contributed by atoms with Crippen LogP contribution in [0.5, 0.6) is 5.75 Å². The zero-order valence-corrected chi connectivity index (χ0v) is 16.8. The van der Waals surface area contributed by atoms with E-state index in [1.54, 1.807) is 23.1 Å². The van der Waals surface area contributed by atoms with Crippen LogP contribution in [-0.4, -0.2) is 33.6 Å². The van der Waals surface area contributed by atoms with E-state index in [4.69, 9.17) is 20.9 Å². The lowest BCUT2D eigenvalue weighted by Gasteiger charge is -2.25. The molecule has 0 aliphatic carbocycles. The lowest BCUT2D eigenvalue weighted by molar-refractivity contribution is -0.136. The Kier molecular flexibility index (Phi) is 6.31. The fraction of sp³-hybridized carbons (Fsp3) is 0.286. The molecule has 1 amide bonds. The molecule has 6 nitrogen and oxygen atoms in total. The third-order valence-corrected chi connectivity index (χ3v) is 4.67. The van der Waals surface area contributed by atoms with Crippen LogP contribution < -0.4 is 4.74 Å². The molecule has 1 aromatic heterocycles. The highest BCUT2D eigenvalue weighted by Crippen LogP contribution is 2.21. The van der Waals surface area contributed by atoms with Crippen molar-refractivity contribution in [2.75, 3.05) is 6.61 Å². The average molecular weight is 400 g/mol. The summed E-state index contributed by atoms with van der Waals surface area (Å²) in [6.45, 7) is 5.88. The zero-order chi connectivity index (χ0) is 20.1. The first-order valence-electron chi connectivity index (χ1n) is 9.00. The maximum Gasteiger partial charge on any atom is 0.261 e. The first kappa shape index (κ1) is 19.9. The highest BCUT2D eigenvalue weighted by Gasteiger charge is 2.21. The van der Waals surface area contributed by atoms with Crippen molar-refractivity contribution in [2.24, 2.45) is 0 Å². The van der Waals surface area contributed by atoms with Crippen molar-refractivity contribution >= 4 is 17.5 Å². The smallest absolute Gasteiger partial charge is 0.261 e. The molecule has 0 radical (unpaired) electrons. The van der Waals surface area contributed by atoms with Crippen molar-refractivity contribution in [1.82, 2.24) is 15.0 Å². The molecule has 0 bridgehead atoms. The Labute approximate surface area is 169 Å². The number of benzene rings is 2. The quantitative estimate of drug-likeness (QED) is 0.584. The average Bonchev–Trinajstić information content (AvgIpc) is 3.16. The molecule has 0 N–H and O–H groups in total. The summed E-state index contributed by atoms with van der Waals surface area (Å²) in [7, 11) is 0. The van der Waals surface area contributed by atoms with E-state index in [0.717, 1.165) is 11.1 Å². The van der Waals surface area contributed by atoms with Crippen molar-refractivity contribution in [2.45, 2.75) is 33.4 Å². The zero-order valence-electron chi connectivity index (χ0n) is 16.1. The van der Waals surface area contributed by atoms with E-state index in [0.29, 0.717) is 22.5 Å². The van der Waals surface area contributed by atoms with Crippen molar-refractivity contribution in [3.05, 3.63) is 65.0 Å². The fourth-order valence-electron chi connectivity index (χ4n) is 2.66. The number of ether oxygens (including phenoxy) is 1. The van der Waals surface area contributed by atoms with Crippen LogP contribution >= 0.6 is 11.6 Å². The number of nitrogens with zero attached hydrogens (tertiary/aromatic N) is 3. The van der Waals surface area contributed by atoms with Gasteiger partial charge >= 0.3 is 0 Å². The van der Waals surface area contributed by atoms with Crippen LogP contribution in [0.1, 0.15) is 25.3 Å². The molecule has 146 valence electrons. The molecule has 0 fully saturated rings. The summed E-state index contributed by atoms with van der Waals surface area (Å²) in [5.74, 6) is 1.31. The molecule has 3 rings (SSSR count). The molecule has 0 spiro atoms. The summed E-state index contributed by atoms with van der Waals surface area (Å²) in [6, 6.07) is 14.8. The van der Waals surface area contributed by atoms with E-state index in [1.165, 1.54) is 0 Å². The number of halogens is 1. The summed E-state index contributed by atoms with van der Waals surface area (Å²) >= 11 is 6.02. The number of amides is 1. The summed E-state index contributed by atoms with van der Waals surface area (Å²) in [4.78, 5) is 18.7. The Morgan fingerprint density at radius 1 is 1.21 bits per heavy atom. The van der Waals surface area contributed by atoms with E-state index in [2.05, 4.69) is 10.1 Å². The lowest BCUT2D eigenvalue weighted by atomic mass is 10.2. The molecule has 0 aliphatic rings. The summed E-state index contributed by atoms with van der Waals surface area (Å²) in [5.41, 5.74) is 1.76. The monoisotopic (exact) mass is 399 g/mol. The molecule has 1 heterocycles. The Morgan fingerprint density at radius 3 is 2.64 bits per heavy atom. The standard InChI is InChI=1S/C21H22ClN3O3/c1-14(2)25(20(26)13-27-17-9-10-18(22)15(3)11-17)12-19-23-21(24-28-19)16-7-5-4-6-8-16/h4-11,14H,12-13H2,1-3H3. The lowest BCUT2D eigenvalue weighted by Crippen LogP contribution is -2.39. The van der Waals surface area contributed by atoms with Gasteiger partial charge in [-0.15, -0.1) is 0 Å². The minimum Gasteiger partial charge on any atom is -0.484 e. The summed E-state index contributed by atoms with van der Waals surface area (Å²) in [6.07, 6.45) is 0. The number of carbonyl (C=O) groups is 1. The second kappa shape index (κ2) is 8.89. The SMILES string of the molecule is Cc1cc(OCC(=O)N(Cc2nc(-c3ccccc3)no2)C(C)C)ccc1Cl. The van der Waals surface area contributed by atoms with Crippen LogP contribution in [0, 0.1) is 6.92 Å². The van der Waals surface area contributed by atoms with E-state index < -0.39 is 0 Å². The first-order chi connectivity index (χ1) is 13.4. The van der Waals surface area contributed by atoms with Gasteiger partial charge in [0.1, 0.15) is 12.3 Å². The van der Waals surface area contributed by atoms with Crippen molar-refractivity contribution < 1.29 is 14.1 Å².